The highest BCUT2D eigenvalue weighted by Gasteiger charge is 2.26. The molecule has 2 aromatic carbocycles. The number of benzene rings is 2. The zero-order valence-electron chi connectivity index (χ0n) is 18.0. The van der Waals surface area contributed by atoms with Gasteiger partial charge >= 0.3 is 0 Å². The second-order valence-electron chi connectivity index (χ2n) is 7.79. The molecule has 4 aromatic rings. The Kier molecular flexibility index (Phi) is 5.96. The first-order valence-corrected chi connectivity index (χ1v) is 11.9. The smallest absolute Gasteiger partial charge is 0.164 e. The van der Waals surface area contributed by atoms with Crippen molar-refractivity contribution in [1.29, 1.82) is 0 Å². The van der Waals surface area contributed by atoms with E-state index in [0.717, 1.165) is 65.5 Å². The first-order chi connectivity index (χ1) is 15.7. The van der Waals surface area contributed by atoms with Crippen LogP contribution in [0.25, 0.3) is 22.3 Å². The van der Waals surface area contributed by atoms with Crippen molar-refractivity contribution in [2.24, 2.45) is 0 Å². The Labute approximate surface area is 191 Å². The Bertz CT molecular complexity index is 1190. The lowest BCUT2D eigenvalue weighted by atomic mass is 10.1. The van der Waals surface area contributed by atoms with Crippen molar-refractivity contribution in [2.45, 2.75) is 25.8 Å². The zero-order chi connectivity index (χ0) is 21.9. The summed E-state index contributed by atoms with van der Waals surface area (Å²) in [5.41, 5.74) is 8.87. The largest absolute Gasteiger partial charge is 0.457 e. The number of rotatable bonds is 6. The molecular formula is C24H26N6OS. The molecule has 32 heavy (non-hydrogen) atoms. The van der Waals surface area contributed by atoms with Crippen LogP contribution < -0.4 is 10.5 Å². The predicted molar refractivity (Wildman–Crippen MR) is 130 cm³/mol. The van der Waals surface area contributed by atoms with Crippen LogP contribution in [0.4, 0.5) is 5.82 Å². The fraction of sp³-hybridized carbons (Fsp3) is 0.292. The Morgan fingerprint density at radius 1 is 1.06 bits per heavy atom. The molecule has 1 unspecified atom stereocenters. The highest BCUT2D eigenvalue weighted by atomic mass is 32.2. The summed E-state index contributed by atoms with van der Waals surface area (Å²) in [7, 11) is 0. The standard InChI is InChI=1S/C24H26N6OS/c1-2-32-29-14-6-7-18(15-29)30-24-21(23(25)26-16-27-24)22(28-30)17-10-12-20(13-11-17)31-19-8-4-3-5-9-19/h3-5,8-13,16,18H,2,6-7,14-15H2,1H3,(H2,25,26,27). The third kappa shape index (κ3) is 4.16. The molecular weight excluding hydrogens is 420 g/mol. The van der Waals surface area contributed by atoms with Crippen LogP contribution in [0.5, 0.6) is 11.5 Å². The number of nitrogens with two attached hydrogens (primary N) is 1. The highest BCUT2D eigenvalue weighted by molar-refractivity contribution is 7.96. The third-order valence-corrected chi connectivity index (χ3v) is 6.60. The minimum atomic E-state index is 0.258. The SMILES string of the molecule is CCSN1CCCC(n2nc(-c3ccc(Oc4ccccc4)cc3)c3c(N)ncnc32)C1. The molecule has 1 aliphatic heterocycles. The number of fused-ring (bicyclic) bond motifs is 1. The third-order valence-electron chi connectivity index (χ3n) is 5.64. The van der Waals surface area contributed by atoms with Crippen molar-refractivity contribution in [3.8, 4) is 22.8 Å². The Balaban J connectivity index is 1.49. The van der Waals surface area contributed by atoms with Crippen molar-refractivity contribution >= 4 is 28.8 Å². The minimum Gasteiger partial charge on any atom is -0.457 e. The first-order valence-electron chi connectivity index (χ1n) is 10.9. The van der Waals surface area contributed by atoms with Crippen LogP contribution in [0.1, 0.15) is 25.8 Å². The molecule has 0 bridgehead atoms. The summed E-state index contributed by atoms with van der Waals surface area (Å²) < 4.78 is 10.4. The summed E-state index contributed by atoms with van der Waals surface area (Å²) >= 11 is 1.89. The summed E-state index contributed by atoms with van der Waals surface area (Å²) in [4.78, 5) is 8.81. The first kappa shape index (κ1) is 20.8. The number of para-hydroxylation sites is 1. The number of nitrogen functional groups attached to an aromatic ring is 1. The van der Waals surface area contributed by atoms with Crippen LogP contribution in [0, 0.1) is 0 Å². The molecule has 3 heterocycles. The van der Waals surface area contributed by atoms with E-state index < -0.39 is 0 Å². The van der Waals surface area contributed by atoms with E-state index in [-0.39, 0.29) is 6.04 Å². The van der Waals surface area contributed by atoms with Crippen LogP contribution in [0.2, 0.25) is 0 Å². The second-order valence-corrected chi connectivity index (χ2v) is 9.14. The molecule has 8 heteroatoms. The van der Waals surface area contributed by atoms with E-state index in [4.69, 9.17) is 15.6 Å². The fourth-order valence-corrected chi connectivity index (χ4v) is 5.08. The van der Waals surface area contributed by atoms with E-state index in [1.807, 2.05) is 66.5 Å². The summed E-state index contributed by atoms with van der Waals surface area (Å²) in [5.74, 6) is 3.10. The number of piperidine rings is 1. The highest BCUT2D eigenvalue weighted by Crippen LogP contribution is 2.35. The van der Waals surface area contributed by atoms with Gasteiger partial charge in [0.05, 0.1) is 11.4 Å². The van der Waals surface area contributed by atoms with Crippen molar-refractivity contribution in [3.05, 3.63) is 60.9 Å². The fourth-order valence-electron chi connectivity index (χ4n) is 4.18. The van der Waals surface area contributed by atoms with Crippen LogP contribution in [-0.4, -0.2) is 42.9 Å². The summed E-state index contributed by atoms with van der Waals surface area (Å²) in [6, 6.07) is 17.9. The lowest BCUT2D eigenvalue weighted by molar-refractivity contribution is 0.274. The van der Waals surface area contributed by atoms with Gasteiger partial charge in [-0.2, -0.15) is 5.10 Å². The minimum absolute atomic E-state index is 0.258. The van der Waals surface area contributed by atoms with Gasteiger partial charge in [0.15, 0.2) is 5.65 Å². The average Bonchev–Trinajstić information content (AvgIpc) is 3.22. The molecule has 0 saturated carbocycles. The lowest BCUT2D eigenvalue weighted by Crippen LogP contribution is -2.32. The summed E-state index contributed by atoms with van der Waals surface area (Å²) in [6.45, 7) is 4.25. The Morgan fingerprint density at radius 2 is 1.84 bits per heavy atom. The van der Waals surface area contributed by atoms with E-state index in [9.17, 15) is 0 Å². The molecule has 1 aliphatic rings. The maximum atomic E-state index is 6.30. The number of aromatic nitrogens is 4. The molecule has 1 fully saturated rings. The molecule has 2 aromatic heterocycles. The predicted octanol–water partition coefficient (Wildman–Crippen LogP) is 5.17. The quantitative estimate of drug-likeness (QED) is 0.409. The molecule has 7 nitrogen and oxygen atoms in total. The molecule has 5 rings (SSSR count). The van der Waals surface area contributed by atoms with E-state index >= 15 is 0 Å². The molecule has 1 saturated heterocycles. The van der Waals surface area contributed by atoms with Gasteiger partial charge in [-0.15, -0.1) is 0 Å². The van der Waals surface area contributed by atoms with E-state index in [1.165, 1.54) is 6.33 Å². The molecule has 1 atom stereocenters. The average molecular weight is 447 g/mol. The van der Waals surface area contributed by atoms with Gasteiger partial charge in [-0.1, -0.05) is 37.1 Å². The van der Waals surface area contributed by atoms with Crippen LogP contribution in [-0.2, 0) is 0 Å². The number of anilines is 1. The van der Waals surface area contributed by atoms with Gasteiger partial charge in [0, 0.05) is 24.4 Å². The second kappa shape index (κ2) is 9.18. The Hall–Kier alpha value is -3.10. The van der Waals surface area contributed by atoms with Crippen molar-refractivity contribution in [2.75, 3.05) is 24.6 Å². The molecule has 2 N–H and O–H groups in total. The van der Waals surface area contributed by atoms with Crippen LogP contribution in [0.3, 0.4) is 0 Å². The number of ether oxygens (including phenoxy) is 1. The van der Waals surface area contributed by atoms with Gasteiger partial charge in [0.1, 0.15) is 29.3 Å². The van der Waals surface area contributed by atoms with Gasteiger partial charge in [-0.05, 0) is 49.2 Å². The van der Waals surface area contributed by atoms with Crippen molar-refractivity contribution in [1.82, 2.24) is 24.1 Å². The van der Waals surface area contributed by atoms with E-state index in [2.05, 4.69) is 25.9 Å². The lowest BCUT2D eigenvalue weighted by Gasteiger charge is -2.31. The molecule has 164 valence electrons. The van der Waals surface area contributed by atoms with Gasteiger partial charge in [-0.25, -0.2) is 19.0 Å². The summed E-state index contributed by atoms with van der Waals surface area (Å²) in [6.07, 6.45) is 3.74. The van der Waals surface area contributed by atoms with Gasteiger partial charge in [-0.3, -0.25) is 0 Å². The number of hydrogen-bond donors (Lipinski definition) is 1. The van der Waals surface area contributed by atoms with Gasteiger partial charge in [0.2, 0.25) is 0 Å². The van der Waals surface area contributed by atoms with Crippen molar-refractivity contribution < 1.29 is 4.74 Å². The van der Waals surface area contributed by atoms with E-state index in [1.54, 1.807) is 0 Å². The maximum absolute atomic E-state index is 6.30. The van der Waals surface area contributed by atoms with Gasteiger partial charge < -0.3 is 10.5 Å². The molecule has 0 amide bonds. The molecule has 0 radical (unpaired) electrons. The van der Waals surface area contributed by atoms with Crippen molar-refractivity contribution in [3.63, 3.8) is 0 Å². The normalized spacial score (nSPS) is 17.0. The number of nitrogens with zero attached hydrogens (tertiary/aromatic N) is 5. The topological polar surface area (TPSA) is 82.1 Å². The van der Waals surface area contributed by atoms with Crippen LogP contribution in [0.15, 0.2) is 60.9 Å². The zero-order valence-corrected chi connectivity index (χ0v) is 18.8. The molecule has 0 spiro atoms. The van der Waals surface area contributed by atoms with Gasteiger partial charge in [0.25, 0.3) is 0 Å². The van der Waals surface area contributed by atoms with E-state index in [0.29, 0.717) is 5.82 Å². The monoisotopic (exact) mass is 446 g/mol. The Morgan fingerprint density at radius 3 is 2.62 bits per heavy atom. The molecule has 0 aliphatic carbocycles. The maximum Gasteiger partial charge on any atom is 0.164 e. The number of hydrogen-bond acceptors (Lipinski definition) is 7. The van der Waals surface area contributed by atoms with Crippen LogP contribution >= 0.6 is 11.9 Å². The summed E-state index contributed by atoms with van der Waals surface area (Å²) in [5, 5.41) is 5.82.